The third kappa shape index (κ3) is 4.66. The Morgan fingerprint density at radius 2 is 1.62 bits per heavy atom. The Labute approximate surface area is 167 Å². The molecule has 1 N–H and O–H groups in total. The first-order valence-electron chi connectivity index (χ1n) is 8.94. The van der Waals surface area contributed by atoms with Gasteiger partial charge in [0.15, 0.2) is 24.0 Å². The van der Waals surface area contributed by atoms with E-state index in [1.165, 1.54) is 0 Å². The molecule has 3 aromatic carbocycles. The van der Waals surface area contributed by atoms with Gasteiger partial charge >= 0.3 is 5.97 Å². The van der Waals surface area contributed by atoms with Gasteiger partial charge in [0.05, 0.1) is 11.3 Å². The van der Waals surface area contributed by atoms with E-state index in [-0.39, 0.29) is 11.1 Å². The number of para-hydroxylation sites is 1. The van der Waals surface area contributed by atoms with Crippen molar-refractivity contribution < 1.29 is 23.1 Å². The molecule has 0 fully saturated rings. The average Bonchev–Trinajstić information content (AvgIpc) is 2.71. The van der Waals surface area contributed by atoms with E-state index in [2.05, 4.69) is 5.32 Å². The number of aryl methyl sites for hydroxylation is 1. The molecule has 4 nitrogen and oxygen atoms in total. The van der Waals surface area contributed by atoms with Gasteiger partial charge in [-0.25, -0.2) is 13.6 Å². The molecule has 0 aliphatic heterocycles. The number of carbonyl (C=O) groups is 2. The van der Waals surface area contributed by atoms with E-state index in [4.69, 9.17) is 4.74 Å². The maximum atomic E-state index is 13.3. The zero-order valence-corrected chi connectivity index (χ0v) is 16.0. The van der Waals surface area contributed by atoms with Crippen LogP contribution in [0.25, 0.3) is 0 Å². The minimum absolute atomic E-state index is 0.0708. The van der Waals surface area contributed by atoms with Crippen molar-refractivity contribution in [3.05, 3.63) is 94.6 Å². The molecular weight excluding hydrogens is 376 g/mol. The molecule has 0 saturated carbocycles. The van der Waals surface area contributed by atoms with E-state index in [1.54, 1.807) is 24.3 Å². The largest absolute Gasteiger partial charge is 0.454 e. The van der Waals surface area contributed by atoms with Crippen molar-refractivity contribution in [2.24, 2.45) is 0 Å². The SMILES string of the molecule is Cc1cccc(Nc2ccccc2C(=O)OCC(=O)c2ccc(F)c(F)c2)c1C. The molecule has 0 aliphatic rings. The summed E-state index contributed by atoms with van der Waals surface area (Å²) in [7, 11) is 0. The van der Waals surface area contributed by atoms with E-state index in [1.807, 2.05) is 32.0 Å². The van der Waals surface area contributed by atoms with Crippen LogP contribution in [0, 0.1) is 25.5 Å². The van der Waals surface area contributed by atoms with Crippen LogP contribution in [-0.2, 0) is 4.74 Å². The summed E-state index contributed by atoms with van der Waals surface area (Å²) in [5.74, 6) is -3.51. The van der Waals surface area contributed by atoms with E-state index in [0.717, 1.165) is 35.0 Å². The number of esters is 1. The summed E-state index contributed by atoms with van der Waals surface area (Å²) < 4.78 is 31.4. The second kappa shape index (κ2) is 8.65. The Morgan fingerprint density at radius 1 is 0.897 bits per heavy atom. The lowest BCUT2D eigenvalue weighted by atomic mass is 10.1. The predicted octanol–water partition coefficient (Wildman–Crippen LogP) is 5.36. The summed E-state index contributed by atoms with van der Waals surface area (Å²) in [6.45, 7) is 3.38. The summed E-state index contributed by atoms with van der Waals surface area (Å²) in [6.07, 6.45) is 0. The van der Waals surface area contributed by atoms with Crippen LogP contribution >= 0.6 is 0 Å². The molecule has 0 unspecified atom stereocenters. The Hall–Kier alpha value is -3.54. The van der Waals surface area contributed by atoms with Gasteiger partial charge in [-0.15, -0.1) is 0 Å². The first-order valence-corrected chi connectivity index (χ1v) is 8.94. The number of anilines is 2. The van der Waals surface area contributed by atoms with E-state index < -0.39 is 30.0 Å². The highest BCUT2D eigenvalue weighted by Crippen LogP contribution is 2.25. The lowest BCUT2D eigenvalue weighted by Gasteiger charge is -2.14. The molecule has 0 atom stereocenters. The zero-order valence-electron chi connectivity index (χ0n) is 16.0. The molecule has 0 aliphatic carbocycles. The maximum Gasteiger partial charge on any atom is 0.340 e. The van der Waals surface area contributed by atoms with Gasteiger partial charge in [0.25, 0.3) is 0 Å². The van der Waals surface area contributed by atoms with Crippen LogP contribution in [0.5, 0.6) is 0 Å². The quantitative estimate of drug-likeness (QED) is 0.451. The second-order valence-corrected chi connectivity index (χ2v) is 6.55. The van der Waals surface area contributed by atoms with Crippen molar-refractivity contribution in [2.75, 3.05) is 11.9 Å². The fourth-order valence-corrected chi connectivity index (χ4v) is 2.76. The smallest absolute Gasteiger partial charge is 0.340 e. The average molecular weight is 395 g/mol. The molecular formula is C23H19F2NO3. The molecule has 0 bridgehead atoms. The van der Waals surface area contributed by atoms with Gasteiger partial charge in [-0.05, 0) is 61.4 Å². The first kappa shape index (κ1) is 20.2. The van der Waals surface area contributed by atoms with E-state index in [0.29, 0.717) is 5.69 Å². The van der Waals surface area contributed by atoms with Gasteiger partial charge in [0.2, 0.25) is 0 Å². The van der Waals surface area contributed by atoms with Crippen LogP contribution in [-0.4, -0.2) is 18.4 Å². The number of benzene rings is 3. The number of nitrogens with one attached hydrogen (secondary N) is 1. The summed E-state index contributed by atoms with van der Waals surface area (Å²) in [4.78, 5) is 24.6. The summed E-state index contributed by atoms with van der Waals surface area (Å²) >= 11 is 0. The third-order valence-corrected chi connectivity index (χ3v) is 4.60. The number of ether oxygens (including phenoxy) is 1. The number of hydrogen-bond acceptors (Lipinski definition) is 4. The highest BCUT2D eigenvalue weighted by molar-refractivity contribution is 6.01. The van der Waals surface area contributed by atoms with Gasteiger partial charge in [0, 0.05) is 11.3 Å². The topological polar surface area (TPSA) is 55.4 Å². The van der Waals surface area contributed by atoms with Crippen molar-refractivity contribution >= 4 is 23.1 Å². The fraction of sp³-hybridized carbons (Fsp3) is 0.130. The van der Waals surface area contributed by atoms with Gasteiger partial charge in [-0.3, -0.25) is 4.79 Å². The number of carbonyl (C=O) groups excluding carboxylic acids is 2. The monoisotopic (exact) mass is 395 g/mol. The van der Waals surface area contributed by atoms with Gasteiger partial charge in [-0.1, -0.05) is 24.3 Å². The predicted molar refractivity (Wildman–Crippen MR) is 107 cm³/mol. The van der Waals surface area contributed by atoms with Crippen molar-refractivity contribution in [1.82, 2.24) is 0 Å². The van der Waals surface area contributed by atoms with Crippen LogP contribution in [0.1, 0.15) is 31.8 Å². The van der Waals surface area contributed by atoms with Crippen LogP contribution in [0.3, 0.4) is 0 Å². The van der Waals surface area contributed by atoms with Crippen molar-refractivity contribution in [1.29, 1.82) is 0 Å². The minimum atomic E-state index is -1.13. The van der Waals surface area contributed by atoms with Crippen molar-refractivity contribution in [3.8, 4) is 0 Å². The number of Topliss-reactive ketones (excluding diaryl/α,β-unsaturated/α-hetero) is 1. The molecule has 29 heavy (non-hydrogen) atoms. The van der Waals surface area contributed by atoms with Crippen LogP contribution in [0.2, 0.25) is 0 Å². The third-order valence-electron chi connectivity index (χ3n) is 4.60. The zero-order chi connectivity index (χ0) is 21.0. The molecule has 3 aromatic rings. The van der Waals surface area contributed by atoms with Crippen molar-refractivity contribution in [3.63, 3.8) is 0 Å². The standard InChI is InChI=1S/C23H19F2NO3/c1-14-6-5-9-20(15(14)2)26-21-8-4-3-7-17(21)23(28)29-13-22(27)16-10-11-18(24)19(25)12-16/h3-12,26H,13H2,1-2H3. The number of ketones is 1. The van der Waals surface area contributed by atoms with Gasteiger partial charge in [-0.2, -0.15) is 0 Å². The Kier molecular flexibility index (Phi) is 6.02. The van der Waals surface area contributed by atoms with Crippen LogP contribution in [0.4, 0.5) is 20.2 Å². The van der Waals surface area contributed by atoms with Crippen molar-refractivity contribution in [2.45, 2.75) is 13.8 Å². The molecule has 0 saturated heterocycles. The number of rotatable bonds is 6. The van der Waals surface area contributed by atoms with E-state index >= 15 is 0 Å². The van der Waals surface area contributed by atoms with E-state index in [9.17, 15) is 18.4 Å². The fourth-order valence-electron chi connectivity index (χ4n) is 2.76. The lowest BCUT2D eigenvalue weighted by molar-refractivity contribution is 0.0475. The first-order chi connectivity index (χ1) is 13.9. The summed E-state index contributed by atoms with van der Waals surface area (Å²) in [5, 5.41) is 3.22. The summed E-state index contributed by atoms with van der Waals surface area (Å²) in [6, 6.07) is 15.3. The highest BCUT2D eigenvalue weighted by Gasteiger charge is 2.17. The highest BCUT2D eigenvalue weighted by atomic mass is 19.2. The molecule has 3 rings (SSSR count). The Bertz CT molecular complexity index is 1080. The second-order valence-electron chi connectivity index (χ2n) is 6.55. The Morgan fingerprint density at radius 3 is 2.38 bits per heavy atom. The van der Waals surface area contributed by atoms with Gasteiger partial charge < -0.3 is 10.1 Å². The molecule has 0 spiro atoms. The normalized spacial score (nSPS) is 10.5. The molecule has 0 aromatic heterocycles. The van der Waals surface area contributed by atoms with Crippen LogP contribution in [0.15, 0.2) is 60.7 Å². The molecule has 0 radical (unpaired) electrons. The maximum absolute atomic E-state index is 13.3. The molecule has 6 heteroatoms. The molecule has 148 valence electrons. The van der Waals surface area contributed by atoms with Crippen LogP contribution < -0.4 is 5.32 Å². The molecule has 0 heterocycles. The Balaban J connectivity index is 1.73. The molecule has 0 amide bonds. The lowest BCUT2D eigenvalue weighted by Crippen LogP contribution is -2.15. The van der Waals surface area contributed by atoms with Gasteiger partial charge in [0.1, 0.15) is 0 Å². The minimum Gasteiger partial charge on any atom is -0.454 e. The number of halogens is 2. The summed E-state index contributed by atoms with van der Waals surface area (Å²) in [5.41, 5.74) is 3.72. The number of hydrogen-bond donors (Lipinski definition) is 1.